The molecule has 0 saturated carbocycles. The number of para-hydroxylation sites is 1. The first-order valence-corrected chi connectivity index (χ1v) is 17.3. The molecule has 3 fully saturated rings. The summed E-state index contributed by atoms with van der Waals surface area (Å²) < 4.78 is 11.6. The van der Waals surface area contributed by atoms with E-state index >= 15 is 0 Å². The predicted octanol–water partition coefficient (Wildman–Crippen LogP) is 3.09. The Morgan fingerprint density at radius 1 is 0.896 bits per heavy atom. The Morgan fingerprint density at radius 3 is 2.38 bits per heavy atom. The van der Waals surface area contributed by atoms with Crippen molar-refractivity contribution in [2.24, 2.45) is 0 Å². The molecule has 3 aromatic rings. The van der Waals surface area contributed by atoms with Gasteiger partial charge in [0, 0.05) is 70.0 Å². The lowest BCUT2D eigenvalue weighted by Crippen LogP contribution is -2.53. The molecule has 256 valence electrons. The molecule has 0 bridgehead atoms. The summed E-state index contributed by atoms with van der Waals surface area (Å²) in [6.45, 7) is 7.90. The standard InChI is InChI=1S/C35H45N7O6/c1-23-20-24(21-29-31(23)38-33(44)36-29)22-30(32(43)40-11-7-26(8-12-40)39-16-18-47-19-17-39)48-35(46)41-13-9-27(10-14-41)42-15-6-25-4-2-3-5-28(25)37-34(42)45/h2-5,20-21,26-27,30H,6-19,22H2,1H3,(H,37,45)(H2,36,38,44)/t30-/m1/s1. The first-order chi connectivity index (χ1) is 23.3. The molecule has 1 aromatic heterocycles. The number of nitrogens with zero attached hydrogens (tertiary/aromatic N) is 4. The number of benzene rings is 2. The summed E-state index contributed by atoms with van der Waals surface area (Å²) in [5.74, 6) is -0.195. The van der Waals surface area contributed by atoms with Crippen LogP contribution in [0.1, 0.15) is 42.4 Å². The van der Waals surface area contributed by atoms with E-state index in [1.165, 1.54) is 0 Å². The molecule has 48 heavy (non-hydrogen) atoms. The van der Waals surface area contributed by atoms with E-state index in [1.807, 2.05) is 53.1 Å². The largest absolute Gasteiger partial charge is 0.436 e. The third-order valence-electron chi connectivity index (χ3n) is 10.5. The minimum absolute atomic E-state index is 0.00626. The number of urea groups is 1. The highest BCUT2D eigenvalue weighted by atomic mass is 16.6. The van der Waals surface area contributed by atoms with Crippen LogP contribution in [0.5, 0.6) is 0 Å². The Balaban J connectivity index is 1.01. The molecular weight excluding hydrogens is 614 g/mol. The van der Waals surface area contributed by atoms with Gasteiger partial charge in [0.2, 0.25) is 0 Å². The SMILES string of the molecule is Cc1cc(C[C@@H](OC(=O)N2CCC(N3CCc4ccccc4NC3=O)CC2)C(=O)N2CCC(N3CCOCC3)CC2)cc2[nH]c(=O)[nH]c12. The minimum atomic E-state index is -1.01. The second kappa shape index (κ2) is 14.0. The van der Waals surface area contributed by atoms with Crippen molar-refractivity contribution in [3.63, 3.8) is 0 Å². The number of fused-ring (bicyclic) bond motifs is 2. The summed E-state index contributed by atoms with van der Waals surface area (Å²) >= 11 is 0. The van der Waals surface area contributed by atoms with Crippen molar-refractivity contribution in [3.8, 4) is 0 Å². The maximum atomic E-state index is 14.1. The molecule has 2 aromatic carbocycles. The van der Waals surface area contributed by atoms with Crippen LogP contribution in [0.4, 0.5) is 15.3 Å². The van der Waals surface area contributed by atoms with Crippen LogP contribution in [-0.2, 0) is 27.1 Å². The third kappa shape index (κ3) is 6.93. The number of aromatic amines is 2. The lowest BCUT2D eigenvalue weighted by molar-refractivity contribution is -0.142. The zero-order valence-electron chi connectivity index (χ0n) is 27.5. The van der Waals surface area contributed by atoms with Gasteiger partial charge in [-0.1, -0.05) is 24.3 Å². The average Bonchev–Trinajstić information content (AvgIpc) is 3.40. The fourth-order valence-corrected chi connectivity index (χ4v) is 7.80. The summed E-state index contributed by atoms with van der Waals surface area (Å²) in [5.41, 5.74) is 4.72. The number of H-pyrrole nitrogens is 2. The van der Waals surface area contributed by atoms with Gasteiger partial charge in [-0.25, -0.2) is 14.4 Å². The highest BCUT2D eigenvalue weighted by Gasteiger charge is 2.36. The highest BCUT2D eigenvalue weighted by Crippen LogP contribution is 2.26. The number of piperidine rings is 2. The number of aryl methyl sites for hydroxylation is 1. The first-order valence-electron chi connectivity index (χ1n) is 17.3. The number of hydrogen-bond acceptors (Lipinski definition) is 7. The molecule has 7 rings (SSSR count). The van der Waals surface area contributed by atoms with Crippen LogP contribution < -0.4 is 11.0 Å². The van der Waals surface area contributed by atoms with Gasteiger partial charge in [0.05, 0.1) is 24.2 Å². The van der Waals surface area contributed by atoms with E-state index in [9.17, 15) is 19.2 Å². The van der Waals surface area contributed by atoms with Gasteiger partial charge in [-0.15, -0.1) is 0 Å². The molecule has 0 spiro atoms. The Kier molecular flexibility index (Phi) is 9.40. The van der Waals surface area contributed by atoms with E-state index in [4.69, 9.17) is 9.47 Å². The lowest BCUT2D eigenvalue weighted by atomic mass is 10.00. The number of aromatic nitrogens is 2. The van der Waals surface area contributed by atoms with Gasteiger partial charge in [-0.3, -0.25) is 9.69 Å². The van der Waals surface area contributed by atoms with Crippen LogP contribution in [0.15, 0.2) is 41.2 Å². The van der Waals surface area contributed by atoms with Crippen LogP contribution in [-0.4, -0.2) is 125 Å². The van der Waals surface area contributed by atoms with Crippen LogP contribution in [0.25, 0.3) is 11.0 Å². The molecular formula is C35H45N7O6. The number of likely N-dealkylation sites (tertiary alicyclic amines) is 2. The van der Waals surface area contributed by atoms with Crippen LogP contribution in [0.2, 0.25) is 0 Å². The number of hydrogen-bond donors (Lipinski definition) is 3. The minimum Gasteiger partial charge on any atom is -0.436 e. The van der Waals surface area contributed by atoms with Gasteiger partial charge in [0.25, 0.3) is 5.91 Å². The number of imidazole rings is 1. The van der Waals surface area contributed by atoms with Crippen molar-refractivity contribution in [2.75, 3.05) is 64.3 Å². The van der Waals surface area contributed by atoms with Crippen molar-refractivity contribution < 1.29 is 23.9 Å². The predicted molar refractivity (Wildman–Crippen MR) is 180 cm³/mol. The maximum Gasteiger partial charge on any atom is 0.410 e. The Labute approximate surface area is 279 Å². The maximum absolute atomic E-state index is 14.1. The summed E-state index contributed by atoms with van der Waals surface area (Å²) in [4.78, 5) is 66.2. The monoisotopic (exact) mass is 659 g/mol. The van der Waals surface area contributed by atoms with Gasteiger partial charge < -0.3 is 39.5 Å². The van der Waals surface area contributed by atoms with E-state index in [0.717, 1.165) is 73.5 Å². The number of nitrogens with one attached hydrogen (secondary N) is 3. The number of amides is 4. The molecule has 5 heterocycles. The van der Waals surface area contributed by atoms with Crippen molar-refractivity contribution in [2.45, 2.75) is 63.6 Å². The summed E-state index contributed by atoms with van der Waals surface area (Å²) in [6.07, 6.45) is 2.43. The highest BCUT2D eigenvalue weighted by molar-refractivity contribution is 5.91. The third-order valence-corrected chi connectivity index (χ3v) is 10.5. The Bertz CT molecular complexity index is 1700. The smallest absolute Gasteiger partial charge is 0.410 e. The van der Waals surface area contributed by atoms with Gasteiger partial charge >= 0.3 is 17.8 Å². The molecule has 0 unspecified atom stereocenters. The second-order valence-electron chi connectivity index (χ2n) is 13.4. The zero-order chi connectivity index (χ0) is 33.2. The molecule has 13 nitrogen and oxygen atoms in total. The topological polar surface area (TPSA) is 143 Å². The molecule has 4 amide bonds. The Morgan fingerprint density at radius 2 is 1.60 bits per heavy atom. The number of rotatable bonds is 6. The number of morpholine rings is 1. The number of carbonyl (C=O) groups is 3. The van der Waals surface area contributed by atoms with E-state index in [0.29, 0.717) is 57.1 Å². The quantitative estimate of drug-likeness (QED) is 0.369. The summed E-state index contributed by atoms with van der Waals surface area (Å²) in [5, 5.41) is 3.04. The van der Waals surface area contributed by atoms with E-state index in [1.54, 1.807) is 4.90 Å². The molecule has 4 aliphatic heterocycles. The molecule has 0 radical (unpaired) electrons. The van der Waals surface area contributed by atoms with Crippen LogP contribution in [0, 0.1) is 6.92 Å². The number of carbonyl (C=O) groups excluding carboxylic acids is 3. The number of ether oxygens (including phenoxy) is 2. The molecule has 0 aliphatic carbocycles. The number of anilines is 1. The van der Waals surface area contributed by atoms with Gasteiger partial charge in [-0.05, 0) is 67.9 Å². The van der Waals surface area contributed by atoms with Crippen LogP contribution >= 0.6 is 0 Å². The molecule has 3 N–H and O–H groups in total. The van der Waals surface area contributed by atoms with Crippen molar-refractivity contribution in [1.29, 1.82) is 0 Å². The first kappa shape index (κ1) is 32.2. The fourth-order valence-electron chi connectivity index (χ4n) is 7.80. The summed E-state index contributed by atoms with van der Waals surface area (Å²) in [7, 11) is 0. The molecule has 1 atom stereocenters. The summed E-state index contributed by atoms with van der Waals surface area (Å²) in [6, 6.07) is 12.0. The molecule has 4 aliphatic rings. The van der Waals surface area contributed by atoms with Crippen molar-refractivity contribution >= 4 is 34.8 Å². The van der Waals surface area contributed by atoms with E-state index in [-0.39, 0.29) is 30.1 Å². The second-order valence-corrected chi connectivity index (χ2v) is 13.4. The van der Waals surface area contributed by atoms with E-state index < -0.39 is 12.2 Å². The van der Waals surface area contributed by atoms with Gasteiger partial charge in [0.1, 0.15) is 0 Å². The molecule has 3 saturated heterocycles. The van der Waals surface area contributed by atoms with Crippen molar-refractivity contribution in [3.05, 3.63) is 63.6 Å². The van der Waals surface area contributed by atoms with Crippen LogP contribution in [0.3, 0.4) is 0 Å². The lowest BCUT2D eigenvalue weighted by Gasteiger charge is -2.41. The van der Waals surface area contributed by atoms with Gasteiger partial charge in [-0.2, -0.15) is 0 Å². The fraction of sp³-hybridized carbons (Fsp3) is 0.543. The van der Waals surface area contributed by atoms with Crippen molar-refractivity contribution in [1.82, 2.24) is 29.6 Å². The van der Waals surface area contributed by atoms with E-state index in [2.05, 4.69) is 20.2 Å². The zero-order valence-corrected chi connectivity index (χ0v) is 27.5. The average molecular weight is 660 g/mol. The Hall–Kier alpha value is -4.36. The molecule has 13 heteroatoms. The normalized spacial score (nSPS) is 20.7. The van der Waals surface area contributed by atoms with Gasteiger partial charge in [0.15, 0.2) is 6.10 Å².